The van der Waals surface area contributed by atoms with Gasteiger partial charge < -0.3 is 14.0 Å². The molecule has 0 saturated heterocycles. The summed E-state index contributed by atoms with van der Waals surface area (Å²) in [4.78, 5) is 12.4. The molecule has 0 radical (unpaired) electrons. The molecule has 4 aromatic rings. The van der Waals surface area contributed by atoms with Crippen LogP contribution in [-0.4, -0.2) is 27.6 Å². The largest absolute Gasteiger partial charge is 0.492 e. The second-order valence-electron chi connectivity index (χ2n) is 7.68. The molecule has 0 atom stereocenters. The van der Waals surface area contributed by atoms with Gasteiger partial charge in [0.1, 0.15) is 12.4 Å². The molecule has 0 aliphatic heterocycles. The molecular formula is C24H21F2N3O3. The molecule has 2 aromatic heterocycles. The molecule has 1 saturated carbocycles. The van der Waals surface area contributed by atoms with Gasteiger partial charge in [-0.05, 0) is 48.7 Å². The molecule has 1 aliphatic carbocycles. The number of fused-ring (bicyclic) bond motifs is 1. The summed E-state index contributed by atoms with van der Waals surface area (Å²) >= 11 is 0. The zero-order valence-electron chi connectivity index (χ0n) is 17.2. The van der Waals surface area contributed by atoms with Crippen molar-refractivity contribution in [1.29, 1.82) is 0 Å². The molecule has 0 N–H and O–H groups in total. The van der Waals surface area contributed by atoms with Gasteiger partial charge >= 0.3 is 6.61 Å². The van der Waals surface area contributed by atoms with E-state index in [0.717, 1.165) is 12.8 Å². The zero-order chi connectivity index (χ0) is 22.1. The van der Waals surface area contributed by atoms with Gasteiger partial charge in [-0.2, -0.15) is 13.9 Å². The number of hydrogen-bond donors (Lipinski definition) is 0. The van der Waals surface area contributed by atoms with Crippen LogP contribution in [0.2, 0.25) is 0 Å². The third-order valence-corrected chi connectivity index (χ3v) is 5.50. The van der Waals surface area contributed by atoms with Crippen LogP contribution >= 0.6 is 0 Å². The van der Waals surface area contributed by atoms with Crippen molar-refractivity contribution >= 4 is 10.9 Å². The van der Waals surface area contributed by atoms with Crippen LogP contribution in [0.25, 0.3) is 22.0 Å². The van der Waals surface area contributed by atoms with E-state index in [4.69, 9.17) is 9.47 Å². The van der Waals surface area contributed by atoms with Crippen molar-refractivity contribution in [2.75, 3.05) is 6.61 Å². The predicted molar refractivity (Wildman–Crippen MR) is 116 cm³/mol. The lowest BCUT2D eigenvalue weighted by Crippen LogP contribution is -2.11. The molecule has 2 heterocycles. The van der Waals surface area contributed by atoms with Crippen molar-refractivity contribution in [3.05, 3.63) is 77.3 Å². The van der Waals surface area contributed by atoms with Crippen LogP contribution in [0.15, 0.2) is 71.9 Å². The minimum Gasteiger partial charge on any atom is -0.492 e. The maximum atomic E-state index is 13.4. The summed E-state index contributed by atoms with van der Waals surface area (Å²) < 4.78 is 41.1. The first-order chi connectivity index (χ1) is 15.6. The zero-order valence-corrected chi connectivity index (χ0v) is 17.2. The molecule has 1 aliphatic rings. The summed E-state index contributed by atoms with van der Waals surface area (Å²) in [6.07, 6.45) is 7.13. The molecular weight excluding hydrogens is 416 g/mol. The number of pyridine rings is 1. The number of ether oxygens (including phenoxy) is 2. The second-order valence-corrected chi connectivity index (χ2v) is 7.68. The van der Waals surface area contributed by atoms with Crippen molar-refractivity contribution in [3.8, 4) is 22.6 Å². The predicted octanol–water partition coefficient (Wildman–Crippen LogP) is 4.88. The van der Waals surface area contributed by atoms with Gasteiger partial charge in [0.25, 0.3) is 0 Å². The first kappa shape index (κ1) is 20.2. The molecule has 164 valence electrons. The number of alkyl halides is 2. The quantitative estimate of drug-likeness (QED) is 0.394. The molecule has 8 heteroatoms. The van der Waals surface area contributed by atoms with Crippen LogP contribution in [0.5, 0.6) is 11.5 Å². The minimum absolute atomic E-state index is 0.0226. The van der Waals surface area contributed by atoms with Crippen molar-refractivity contribution < 1.29 is 18.3 Å². The van der Waals surface area contributed by atoms with E-state index >= 15 is 0 Å². The Balaban J connectivity index is 1.49. The fraction of sp³-hybridized carbons (Fsp3) is 0.250. The van der Waals surface area contributed by atoms with E-state index in [9.17, 15) is 13.6 Å². The Bertz CT molecular complexity index is 1280. The monoisotopic (exact) mass is 437 g/mol. The van der Waals surface area contributed by atoms with Crippen molar-refractivity contribution in [1.82, 2.24) is 14.3 Å². The Morgan fingerprint density at radius 1 is 1.06 bits per heavy atom. The smallest absolute Gasteiger partial charge is 0.387 e. The van der Waals surface area contributed by atoms with Gasteiger partial charge in [-0.25, -0.2) is 0 Å². The SMILES string of the molecule is O=c1ccn(C2CC2)c2c(OC(F)F)c(-c3ccc(OCCn4cccn4)cc3)ccc12. The summed E-state index contributed by atoms with van der Waals surface area (Å²) in [6.45, 7) is -1.94. The van der Waals surface area contributed by atoms with Crippen LogP contribution in [-0.2, 0) is 6.54 Å². The summed E-state index contributed by atoms with van der Waals surface area (Å²) in [5.41, 5.74) is 1.39. The van der Waals surface area contributed by atoms with Gasteiger partial charge in [0.15, 0.2) is 11.2 Å². The Hall–Kier alpha value is -3.68. The van der Waals surface area contributed by atoms with Gasteiger partial charge in [-0.1, -0.05) is 12.1 Å². The fourth-order valence-corrected chi connectivity index (χ4v) is 3.85. The van der Waals surface area contributed by atoms with Gasteiger partial charge in [0.05, 0.1) is 12.1 Å². The highest BCUT2D eigenvalue weighted by Crippen LogP contribution is 2.42. The number of nitrogens with zero attached hydrogens (tertiary/aromatic N) is 3. The summed E-state index contributed by atoms with van der Waals surface area (Å²) in [5, 5.41) is 4.50. The van der Waals surface area contributed by atoms with E-state index in [1.165, 1.54) is 6.07 Å². The van der Waals surface area contributed by atoms with Crippen molar-refractivity contribution in [3.63, 3.8) is 0 Å². The molecule has 5 rings (SSSR count). The second kappa shape index (κ2) is 8.45. The van der Waals surface area contributed by atoms with E-state index in [1.807, 2.05) is 16.8 Å². The van der Waals surface area contributed by atoms with Crippen LogP contribution in [0.3, 0.4) is 0 Å². The number of hydrogen-bond acceptors (Lipinski definition) is 4. The van der Waals surface area contributed by atoms with Gasteiger partial charge in [0, 0.05) is 41.6 Å². The van der Waals surface area contributed by atoms with Crippen LogP contribution in [0.1, 0.15) is 18.9 Å². The number of benzene rings is 2. The van der Waals surface area contributed by atoms with E-state index in [-0.39, 0.29) is 17.2 Å². The normalized spacial score (nSPS) is 13.6. The molecule has 0 unspecified atom stereocenters. The molecule has 32 heavy (non-hydrogen) atoms. The molecule has 0 bridgehead atoms. The van der Waals surface area contributed by atoms with Crippen LogP contribution in [0, 0.1) is 0 Å². The van der Waals surface area contributed by atoms with Crippen molar-refractivity contribution in [2.24, 2.45) is 0 Å². The van der Waals surface area contributed by atoms with Gasteiger partial charge in [-0.3, -0.25) is 9.48 Å². The maximum absolute atomic E-state index is 13.4. The highest BCUT2D eigenvalue weighted by Gasteiger charge is 2.27. The van der Waals surface area contributed by atoms with Gasteiger partial charge in [0.2, 0.25) is 0 Å². The number of rotatable bonds is 8. The Morgan fingerprint density at radius 3 is 2.56 bits per heavy atom. The molecule has 1 fully saturated rings. The average Bonchev–Trinajstić information content (AvgIpc) is 3.50. The fourth-order valence-electron chi connectivity index (χ4n) is 3.85. The third kappa shape index (κ3) is 4.08. The summed E-state index contributed by atoms with van der Waals surface area (Å²) in [7, 11) is 0. The molecule has 6 nitrogen and oxygen atoms in total. The lowest BCUT2D eigenvalue weighted by atomic mass is 10.0. The Kier molecular flexibility index (Phi) is 5.34. The topological polar surface area (TPSA) is 58.3 Å². The van der Waals surface area contributed by atoms with Gasteiger partial charge in [-0.15, -0.1) is 0 Å². The lowest BCUT2D eigenvalue weighted by Gasteiger charge is -2.18. The molecule has 2 aromatic carbocycles. The highest BCUT2D eigenvalue weighted by molar-refractivity contribution is 5.93. The minimum atomic E-state index is -3.01. The first-order valence-corrected chi connectivity index (χ1v) is 10.4. The molecule has 0 amide bonds. The van der Waals surface area contributed by atoms with E-state index < -0.39 is 6.61 Å². The van der Waals surface area contributed by atoms with E-state index in [2.05, 4.69) is 5.10 Å². The Labute approximate surface area is 182 Å². The Morgan fingerprint density at radius 2 is 1.88 bits per heavy atom. The maximum Gasteiger partial charge on any atom is 0.387 e. The van der Waals surface area contributed by atoms with E-state index in [1.54, 1.807) is 53.5 Å². The summed E-state index contributed by atoms with van der Waals surface area (Å²) in [5.74, 6) is 0.683. The average molecular weight is 437 g/mol. The van der Waals surface area contributed by atoms with Crippen LogP contribution < -0.4 is 14.9 Å². The number of halogens is 2. The first-order valence-electron chi connectivity index (χ1n) is 10.4. The van der Waals surface area contributed by atoms with Crippen LogP contribution in [0.4, 0.5) is 8.78 Å². The number of aromatic nitrogens is 3. The van der Waals surface area contributed by atoms with Crippen molar-refractivity contribution in [2.45, 2.75) is 32.0 Å². The lowest BCUT2D eigenvalue weighted by molar-refractivity contribution is -0.0486. The summed E-state index contributed by atoms with van der Waals surface area (Å²) in [6, 6.07) is 14.0. The van der Waals surface area contributed by atoms with E-state index in [0.29, 0.717) is 40.9 Å². The third-order valence-electron chi connectivity index (χ3n) is 5.50. The highest BCUT2D eigenvalue weighted by atomic mass is 19.3. The molecule has 0 spiro atoms. The standard InChI is InChI=1S/C24H21F2N3O3/c25-24(26)32-23-19(8-9-20-21(30)10-13-29(22(20)23)17-4-5-17)16-2-6-18(7-3-16)31-15-14-28-12-1-11-27-28/h1-3,6-13,17,24H,4-5,14-15H2.